The van der Waals surface area contributed by atoms with E-state index in [1.807, 2.05) is 23.5 Å². The first kappa shape index (κ1) is 15.5. The Morgan fingerprint density at radius 1 is 1.24 bits per heavy atom. The molecule has 1 unspecified atom stereocenters. The van der Waals surface area contributed by atoms with Gasteiger partial charge in [-0.25, -0.2) is 0 Å². The van der Waals surface area contributed by atoms with Gasteiger partial charge in [0.15, 0.2) is 0 Å². The highest BCUT2D eigenvalue weighted by molar-refractivity contribution is 7.99. The molecule has 1 N–H and O–H groups in total. The second kappa shape index (κ2) is 8.51. The van der Waals surface area contributed by atoms with E-state index in [1.54, 1.807) is 0 Å². The molecule has 2 aliphatic rings. The smallest absolute Gasteiger partial charge is 0.224 e. The normalized spacial score (nSPS) is 25.9. The van der Waals surface area contributed by atoms with Crippen molar-refractivity contribution in [3.8, 4) is 0 Å². The van der Waals surface area contributed by atoms with Gasteiger partial charge >= 0.3 is 0 Å². The third-order valence-electron chi connectivity index (χ3n) is 2.99. The van der Waals surface area contributed by atoms with Gasteiger partial charge in [-0.3, -0.25) is 4.79 Å². The molecule has 0 aromatic rings. The fraction of sp³-hybridized carbons (Fsp3) is 0.909. The van der Waals surface area contributed by atoms with Gasteiger partial charge in [0.25, 0.3) is 0 Å². The molecule has 1 atom stereocenters. The number of amides is 1. The molecule has 0 aromatic heterocycles. The minimum atomic E-state index is 0. The Morgan fingerprint density at radius 3 is 2.88 bits per heavy atom. The van der Waals surface area contributed by atoms with Gasteiger partial charge in [0.2, 0.25) is 5.91 Å². The first-order chi connectivity index (χ1) is 7.86. The van der Waals surface area contributed by atoms with Gasteiger partial charge in [0.1, 0.15) is 0 Å². The molecular weight excluding hydrogens is 276 g/mol. The van der Waals surface area contributed by atoms with Gasteiger partial charge in [-0.15, -0.1) is 12.4 Å². The summed E-state index contributed by atoms with van der Waals surface area (Å²) in [5.41, 5.74) is 0. The van der Waals surface area contributed by atoms with Crippen molar-refractivity contribution in [2.45, 2.75) is 18.9 Å². The van der Waals surface area contributed by atoms with Crippen molar-refractivity contribution in [1.29, 1.82) is 0 Å². The van der Waals surface area contributed by atoms with Crippen molar-refractivity contribution in [3.05, 3.63) is 0 Å². The lowest BCUT2D eigenvalue weighted by Gasteiger charge is -2.26. The van der Waals surface area contributed by atoms with Gasteiger partial charge in [0.05, 0.1) is 0 Å². The molecule has 0 aliphatic carbocycles. The van der Waals surface area contributed by atoms with Gasteiger partial charge in [-0.05, 0) is 12.2 Å². The Morgan fingerprint density at radius 2 is 2.12 bits per heavy atom. The molecule has 6 heteroatoms. The monoisotopic (exact) mass is 296 g/mol. The van der Waals surface area contributed by atoms with Crippen LogP contribution < -0.4 is 5.32 Å². The summed E-state index contributed by atoms with van der Waals surface area (Å²) in [5, 5.41) is 3.43. The Balaban J connectivity index is 0.00000144. The fourth-order valence-corrected chi connectivity index (χ4v) is 3.92. The zero-order valence-corrected chi connectivity index (χ0v) is 12.5. The number of nitrogens with zero attached hydrogens (tertiary/aromatic N) is 1. The molecule has 3 nitrogen and oxygen atoms in total. The second-order valence-corrected chi connectivity index (χ2v) is 6.65. The average Bonchev–Trinajstić information content (AvgIpc) is 2.59. The number of hydrogen-bond acceptors (Lipinski definition) is 4. The number of carbonyl (C=O) groups excluding carboxylic acids is 1. The summed E-state index contributed by atoms with van der Waals surface area (Å²) in [6, 6.07) is 0.405. The van der Waals surface area contributed by atoms with Gasteiger partial charge in [0, 0.05) is 49.4 Å². The summed E-state index contributed by atoms with van der Waals surface area (Å²) in [5.74, 6) is 4.95. The average molecular weight is 297 g/mol. The number of nitrogens with one attached hydrogen (secondary N) is 1. The molecule has 1 amide bonds. The molecule has 2 aliphatic heterocycles. The van der Waals surface area contributed by atoms with Crippen LogP contribution in [-0.2, 0) is 4.79 Å². The van der Waals surface area contributed by atoms with E-state index < -0.39 is 0 Å². The predicted octanol–water partition coefficient (Wildman–Crippen LogP) is 1.47. The third-order valence-corrected chi connectivity index (χ3v) is 5.17. The van der Waals surface area contributed by atoms with Crippen LogP contribution in [0.1, 0.15) is 12.8 Å². The van der Waals surface area contributed by atoms with Crippen LogP contribution in [-0.4, -0.2) is 59.5 Å². The summed E-state index contributed by atoms with van der Waals surface area (Å²) in [6.45, 7) is 2.97. The number of thioether (sulfide) groups is 2. The van der Waals surface area contributed by atoms with E-state index in [0.29, 0.717) is 18.4 Å². The molecule has 0 spiro atoms. The standard InChI is InChI=1S/C11H20N2OS2.ClH/c14-11(8-10-9-16-6-2-12-10)13-3-1-5-15-7-4-13;/h10,12H,1-9H2;1H. The Kier molecular flexibility index (Phi) is 7.75. The quantitative estimate of drug-likeness (QED) is 0.836. The van der Waals surface area contributed by atoms with Crippen molar-refractivity contribution in [1.82, 2.24) is 10.2 Å². The molecule has 0 saturated carbocycles. The van der Waals surface area contributed by atoms with Crippen molar-refractivity contribution >= 4 is 41.8 Å². The fourth-order valence-electron chi connectivity index (χ4n) is 2.09. The van der Waals surface area contributed by atoms with Crippen molar-refractivity contribution in [2.75, 3.05) is 42.6 Å². The Hall–Kier alpha value is 0.420. The third kappa shape index (κ3) is 5.28. The maximum atomic E-state index is 12.1. The predicted molar refractivity (Wildman–Crippen MR) is 79.5 cm³/mol. The van der Waals surface area contributed by atoms with E-state index in [-0.39, 0.29) is 12.4 Å². The van der Waals surface area contributed by atoms with Gasteiger partial charge in [-0.1, -0.05) is 0 Å². The van der Waals surface area contributed by atoms with Crippen molar-refractivity contribution in [3.63, 3.8) is 0 Å². The van der Waals surface area contributed by atoms with Gasteiger partial charge < -0.3 is 10.2 Å². The van der Waals surface area contributed by atoms with Crippen molar-refractivity contribution in [2.24, 2.45) is 0 Å². The first-order valence-electron chi connectivity index (χ1n) is 6.03. The summed E-state index contributed by atoms with van der Waals surface area (Å²) >= 11 is 3.93. The summed E-state index contributed by atoms with van der Waals surface area (Å²) in [7, 11) is 0. The van der Waals surface area contributed by atoms with Crippen LogP contribution in [0.2, 0.25) is 0 Å². The molecule has 2 fully saturated rings. The lowest BCUT2D eigenvalue weighted by molar-refractivity contribution is -0.131. The number of hydrogen-bond donors (Lipinski definition) is 1. The van der Waals surface area contributed by atoms with E-state index in [1.165, 1.54) is 11.5 Å². The van der Waals surface area contributed by atoms with E-state index in [9.17, 15) is 4.79 Å². The lowest BCUT2D eigenvalue weighted by atomic mass is 10.2. The number of carbonyl (C=O) groups is 1. The maximum absolute atomic E-state index is 12.1. The Labute approximate surface area is 118 Å². The molecular formula is C11H21ClN2OS2. The zero-order chi connectivity index (χ0) is 11.2. The highest BCUT2D eigenvalue weighted by Crippen LogP contribution is 2.14. The maximum Gasteiger partial charge on any atom is 0.224 e. The highest BCUT2D eigenvalue weighted by Gasteiger charge is 2.21. The van der Waals surface area contributed by atoms with E-state index in [0.717, 1.165) is 37.6 Å². The van der Waals surface area contributed by atoms with E-state index >= 15 is 0 Å². The van der Waals surface area contributed by atoms with E-state index in [4.69, 9.17) is 0 Å². The largest absolute Gasteiger partial charge is 0.342 e. The van der Waals surface area contributed by atoms with Crippen molar-refractivity contribution < 1.29 is 4.79 Å². The second-order valence-electron chi connectivity index (χ2n) is 4.28. The topological polar surface area (TPSA) is 32.3 Å². The lowest BCUT2D eigenvalue weighted by Crippen LogP contribution is -2.43. The van der Waals surface area contributed by atoms with Crippen LogP contribution in [0, 0.1) is 0 Å². The Bertz CT molecular complexity index is 230. The molecule has 2 saturated heterocycles. The van der Waals surface area contributed by atoms with Crippen LogP contribution >= 0.6 is 35.9 Å². The van der Waals surface area contributed by atoms with Crippen LogP contribution in [0.15, 0.2) is 0 Å². The number of rotatable bonds is 2. The summed E-state index contributed by atoms with van der Waals surface area (Å²) in [6.07, 6.45) is 1.85. The minimum Gasteiger partial charge on any atom is -0.342 e. The van der Waals surface area contributed by atoms with Gasteiger partial charge in [-0.2, -0.15) is 23.5 Å². The molecule has 2 heterocycles. The van der Waals surface area contributed by atoms with Crippen LogP contribution in [0.4, 0.5) is 0 Å². The molecule has 2 rings (SSSR count). The van der Waals surface area contributed by atoms with Crippen LogP contribution in [0.3, 0.4) is 0 Å². The highest BCUT2D eigenvalue weighted by atomic mass is 35.5. The minimum absolute atomic E-state index is 0. The first-order valence-corrected chi connectivity index (χ1v) is 8.34. The van der Waals surface area contributed by atoms with E-state index in [2.05, 4.69) is 10.2 Å². The SMILES string of the molecule is Cl.O=C(CC1CSCCN1)N1CCCSCC1. The molecule has 17 heavy (non-hydrogen) atoms. The zero-order valence-electron chi connectivity index (χ0n) is 10.0. The number of halogens is 1. The molecule has 100 valence electrons. The summed E-state index contributed by atoms with van der Waals surface area (Å²) in [4.78, 5) is 14.1. The molecule has 0 radical (unpaired) electrons. The van der Waals surface area contributed by atoms with Crippen LogP contribution in [0.25, 0.3) is 0 Å². The van der Waals surface area contributed by atoms with Crippen LogP contribution in [0.5, 0.6) is 0 Å². The summed E-state index contributed by atoms with van der Waals surface area (Å²) < 4.78 is 0. The molecule has 0 aromatic carbocycles. The molecule has 0 bridgehead atoms.